The fourth-order valence-electron chi connectivity index (χ4n) is 1.71. The number of ether oxygens (including phenoxy) is 1. The third kappa shape index (κ3) is 3.13. The maximum absolute atomic E-state index is 5.84. The van der Waals surface area contributed by atoms with Crippen molar-refractivity contribution in [2.75, 3.05) is 0 Å². The van der Waals surface area contributed by atoms with E-state index in [0.29, 0.717) is 13.2 Å². The van der Waals surface area contributed by atoms with E-state index in [-0.39, 0.29) is 0 Å². The highest BCUT2D eigenvalue weighted by Gasteiger charge is 2.07. The predicted molar refractivity (Wildman–Crippen MR) is 80.2 cm³/mol. The number of benzene rings is 1. The van der Waals surface area contributed by atoms with Gasteiger partial charge in [0, 0.05) is 21.9 Å². The molecule has 2 nitrogen and oxygen atoms in total. The van der Waals surface area contributed by atoms with Gasteiger partial charge >= 0.3 is 0 Å². The third-order valence-electron chi connectivity index (χ3n) is 2.74. The van der Waals surface area contributed by atoms with Crippen molar-refractivity contribution in [2.24, 2.45) is 5.73 Å². The Balaban J connectivity index is 2.08. The van der Waals surface area contributed by atoms with E-state index in [1.54, 1.807) is 11.3 Å². The normalized spacial score (nSPS) is 10.7. The van der Waals surface area contributed by atoms with E-state index in [0.717, 1.165) is 10.2 Å². The summed E-state index contributed by atoms with van der Waals surface area (Å²) < 4.78 is 6.83. The van der Waals surface area contributed by atoms with Crippen LogP contribution in [-0.4, -0.2) is 0 Å². The fourth-order valence-corrected chi connectivity index (χ4v) is 3.24. The zero-order valence-corrected chi connectivity index (χ0v) is 12.9. The minimum absolute atomic E-state index is 0.587. The first-order chi connectivity index (χ1) is 8.60. The summed E-state index contributed by atoms with van der Waals surface area (Å²) in [7, 11) is 0. The first-order valence-electron chi connectivity index (χ1n) is 5.77. The third-order valence-corrected chi connectivity index (χ3v) is 4.48. The van der Waals surface area contributed by atoms with Gasteiger partial charge in [0.2, 0.25) is 0 Å². The molecule has 4 heteroatoms. The molecular weight excluding hydrogens is 310 g/mol. The largest absolute Gasteiger partial charge is 0.488 e. The highest BCUT2D eigenvalue weighted by molar-refractivity contribution is 9.10. The first kappa shape index (κ1) is 13.6. The number of halogens is 1. The smallest absolute Gasteiger partial charge is 0.134 e. The zero-order valence-electron chi connectivity index (χ0n) is 10.5. The van der Waals surface area contributed by atoms with Crippen molar-refractivity contribution in [3.63, 3.8) is 0 Å². The number of rotatable bonds is 4. The van der Waals surface area contributed by atoms with Crippen LogP contribution in [0.4, 0.5) is 0 Å². The molecule has 0 spiro atoms. The number of nitrogens with two attached hydrogens (primary N) is 1. The van der Waals surface area contributed by atoms with Crippen LogP contribution in [0.5, 0.6) is 5.75 Å². The van der Waals surface area contributed by atoms with Gasteiger partial charge in [0.25, 0.3) is 0 Å². The van der Waals surface area contributed by atoms with Gasteiger partial charge in [0.1, 0.15) is 12.4 Å². The summed E-state index contributed by atoms with van der Waals surface area (Å²) in [6.07, 6.45) is 0. The van der Waals surface area contributed by atoms with Gasteiger partial charge in [-0.15, -0.1) is 11.3 Å². The zero-order chi connectivity index (χ0) is 13.1. The van der Waals surface area contributed by atoms with Gasteiger partial charge in [-0.05, 0) is 53.5 Å². The Labute approximate surface area is 120 Å². The van der Waals surface area contributed by atoms with Gasteiger partial charge in [-0.3, -0.25) is 0 Å². The number of hydrogen-bond donors (Lipinski definition) is 1. The molecule has 1 aromatic carbocycles. The quantitative estimate of drug-likeness (QED) is 0.915. The van der Waals surface area contributed by atoms with Crippen LogP contribution >= 0.6 is 27.3 Å². The second-order valence-corrected chi connectivity index (χ2v) is 6.42. The molecule has 0 aliphatic carbocycles. The molecule has 0 atom stereocenters. The highest BCUT2D eigenvalue weighted by atomic mass is 79.9. The van der Waals surface area contributed by atoms with Gasteiger partial charge in [-0.1, -0.05) is 6.07 Å². The minimum Gasteiger partial charge on any atom is -0.488 e. The first-order valence-corrected chi connectivity index (χ1v) is 7.38. The Morgan fingerprint density at radius 2 is 2.06 bits per heavy atom. The van der Waals surface area contributed by atoms with E-state index >= 15 is 0 Å². The fraction of sp³-hybridized carbons (Fsp3) is 0.286. The van der Waals surface area contributed by atoms with Crippen molar-refractivity contribution in [1.82, 2.24) is 0 Å². The van der Waals surface area contributed by atoms with E-state index in [1.165, 1.54) is 20.9 Å². The van der Waals surface area contributed by atoms with Crippen molar-refractivity contribution in [2.45, 2.75) is 27.0 Å². The average molecular weight is 326 g/mol. The van der Waals surface area contributed by atoms with Gasteiger partial charge in [0.05, 0.1) is 4.47 Å². The number of thiophene rings is 1. The minimum atomic E-state index is 0.587. The molecule has 0 radical (unpaired) electrons. The highest BCUT2D eigenvalue weighted by Crippen LogP contribution is 2.28. The van der Waals surface area contributed by atoms with Gasteiger partial charge in [-0.25, -0.2) is 0 Å². The van der Waals surface area contributed by atoms with E-state index in [1.807, 2.05) is 12.1 Å². The number of aryl methyl sites for hydroxylation is 2. The van der Waals surface area contributed by atoms with Crippen LogP contribution in [0.15, 0.2) is 28.7 Å². The maximum Gasteiger partial charge on any atom is 0.134 e. The number of hydrogen-bond acceptors (Lipinski definition) is 3. The van der Waals surface area contributed by atoms with Gasteiger partial charge < -0.3 is 10.5 Å². The Hall–Kier alpha value is -0.840. The van der Waals surface area contributed by atoms with E-state index < -0.39 is 0 Å². The van der Waals surface area contributed by atoms with Crippen molar-refractivity contribution >= 4 is 27.3 Å². The molecule has 1 aromatic heterocycles. The van der Waals surface area contributed by atoms with E-state index in [9.17, 15) is 0 Å². The Kier molecular flexibility index (Phi) is 4.43. The molecule has 2 N–H and O–H groups in total. The molecule has 0 aliphatic rings. The molecule has 0 saturated carbocycles. The van der Waals surface area contributed by atoms with Gasteiger partial charge in [-0.2, -0.15) is 0 Å². The molecule has 18 heavy (non-hydrogen) atoms. The second-order valence-electron chi connectivity index (χ2n) is 4.22. The van der Waals surface area contributed by atoms with Crippen molar-refractivity contribution in [1.29, 1.82) is 0 Å². The molecule has 0 amide bonds. The van der Waals surface area contributed by atoms with Crippen LogP contribution in [0.3, 0.4) is 0 Å². The molecule has 0 aliphatic heterocycles. The molecule has 96 valence electrons. The Morgan fingerprint density at radius 3 is 2.67 bits per heavy atom. The van der Waals surface area contributed by atoms with Crippen molar-refractivity contribution in [3.05, 3.63) is 49.6 Å². The summed E-state index contributed by atoms with van der Waals surface area (Å²) in [4.78, 5) is 2.48. The van der Waals surface area contributed by atoms with Crippen molar-refractivity contribution in [3.8, 4) is 5.75 Å². The molecule has 0 unspecified atom stereocenters. The lowest BCUT2D eigenvalue weighted by atomic mass is 10.2. The summed E-state index contributed by atoms with van der Waals surface area (Å²) in [5.74, 6) is 0.875. The summed E-state index contributed by atoms with van der Waals surface area (Å²) in [5, 5.41) is 0. The Morgan fingerprint density at radius 1 is 1.28 bits per heavy atom. The molecule has 2 aromatic rings. The van der Waals surface area contributed by atoms with E-state index in [4.69, 9.17) is 10.5 Å². The lowest BCUT2D eigenvalue weighted by Gasteiger charge is -2.08. The molecular formula is C14H16BrNOS. The summed E-state index contributed by atoms with van der Waals surface area (Å²) in [6, 6.07) is 8.22. The molecule has 2 rings (SSSR count). The topological polar surface area (TPSA) is 35.2 Å². The maximum atomic E-state index is 5.84. The summed E-state index contributed by atoms with van der Waals surface area (Å²) >= 11 is 5.26. The van der Waals surface area contributed by atoms with Crippen LogP contribution < -0.4 is 10.5 Å². The van der Waals surface area contributed by atoms with Crippen LogP contribution in [0, 0.1) is 13.8 Å². The summed E-state index contributed by atoms with van der Waals surface area (Å²) in [5.41, 5.74) is 8.07. The van der Waals surface area contributed by atoms with E-state index in [2.05, 4.69) is 41.9 Å². The molecule has 0 fully saturated rings. The van der Waals surface area contributed by atoms with Crippen LogP contribution in [0.25, 0.3) is 0 Å². The van der Waals surface area contributed by atoms with Crippen LogP contribution in [0.2, 0.25) is 0 Å². The average Bonchev–Trinajstić information content (AvgIpc) is 2.69. The van der Waals surface area contributed by atoms with Crippen LogP contribution in [0.1, 0.15) is 20.9 Å². The predicted octanol–water partition coefficient (Wildman–Crippen LogP) is 4.17. The SMILES string of the molecule is Cc1ccc(OCc2cc(CN)sc2C)c(Br)c1. The standard InChI is InChI=1S/C14H16BrNOS/c1-9-3-4-14(13(15)5-9)17-8-11-6-12(7-16)18-10(11)2/h3-6H,7-8,16H2,1-2H3. The monoisotopic (exact) mass is 325 g/mol. The lowest BCUT2D eigenvalue weighted by Crippen LogP contribution is -1.97. The molecule has 1 heterocycles. The lowest BCUT2D eigenvalue weighted by molar-refractivity contribution is 0.304. The summed E-state index contributed by atoms with van der Waals surface area (Å²) in [6.45, 7) is 5.35. The molecule has 0 saturated heterocycles. The molecule has 0 bridgehead atoms. The van der Waals surface area contributed by atoms with Gasteiger partial charge in [0.15, 0.2) is 0 Å². The van der Waals surface area contributed by atoms with Crippen molar-refractivity contribution < 1.29 is 4.74 Å². The van der Waals surface area contributed by atoms with Crippen LogP contribution in [-0.2, 0) is 13.2 Å². The Bertz CT molecular complexity index is 551. The second kappa shape index (κ2) is 5.87.